The normalized spacial score (nSPS) is 12.6. The van der Waals surface area contributed by atoms with Crippen molar-refractivity contribution in [2.24, 2.45) is 0 Å². The molecule has 6 nitrogen and oxygen atoms in total. The lowest BCUT2D eigenvalue weighted by atomic mass is 9.96. The quantitative estimate of drug-likeness (QED) is 0.564. The molecule has 140 valence electrons. The van der Waals surface area contributed by atoms with Crippen LogP contribution in [0.3, 0.4) is 0 Å². The topological polar surface area (TPSA) is 80.9 Å². The van der Waals surface area contributed by atoms with Crippen molar-refractivity contribution in [2.75, 3.05) is 0 Å². The molecule has 4 aromatic rings. The maximum atomic E-state index is 11.4. The Labute approximate surface area is 167 Å². The van der Waals surface area contributed by atoms with Gasteiger partial charge in [0.05, 0.1) is 11.2 Å². The molecule has 0 atom stereocenters. The first-order chi connectivity index (χ1) is 13.2. The molecule has 0 unspecified atom stereocenters. The van der Waals surface area contributed by atoms with Crippen LogP contribution in [0.5, 0.6) is 0 Å². The van der Waals surface area contributed by atoms with Gasteiger partial charge in [0.25, 0.3) is 0 Å². The van der Waals surface area contributed by atoms with Gasteiger partial charge in [0.1, 0.15) is 11.4 Å². The van der Waals surface area contributed by atoms with E-state index in [1.807, 2.05) is 41.2 Å². The molecule has 0 bridgehead atoms. The minimum atomic E-state index is -1.04. The van der Waals surface area contributed by atoms with Gasteiger partial charge in [-0.3, -0.25) is 9.67 Å². The van der Waals surface area contributed by atoms with Gasteiger partial charge in [-0.1, -0.05) is 24.3 Å². The van der Waals surface area contributed by atoms with E-state index in [9.17, 15) is 9.90 Å². The van der Waals surface area contributed by atoms with E-state index in [2.05, 4.69) is 16.0 Å². The summed E-state index contributed by atoms with van der Waals surface area (Å²) in [6.07, 6.45) is 3.81. The van der Waals surface area contributed by atoms with Crippen molar-refractivity contribution in [3.8, 4) is 22.5 Å². The number of fused-ring (bicyclic) bond motifs is 2. The molecule has 0 amide bonds. The van der Waals surface area contributed by atoms with E-state index < -0.39 is 5.97 Å². The van der Waals surface area contributed by atoms with E-state index in [-0.39, 0.29) is 18.1 Å². The van der Waals surface area contributed by atoms with Crippen LogP contribution in [-0.4, -0.2) is 30.8 Å². The van der Waals surface area contributed by atoms with Crippen LogP contribution in [0, 0.1) is 0 Å². The zero-order chi connectivity index (χ0) is 18.4. The number of carbonyl (C=O) groups is 1. The maximum Gasteiger partial charge on any atom is 0.354 e. The van der Waals surface area contributed by atoms with Gasteiger partial charge in [-0.25, -0.2) is 9.78 Å². The first-order valence-electron chi connectivity index (χ1n) is 8.87. The van der Waals surface area contributed by atoms with Crippen molar-refractivity contribution in [3.63, 3.8) is 0 Å². The number of rotatable bonds is 3. The van der Waals surface area contributed by atoms with E-state index >= 15 is 0 Å². The molecule has 4 heterocycles. The number of benzene rings is 1. The Morgan fingerprint density at radius 3 is 2.79 bits per heavy atom. The summed E-state index contributed by atoms with van der Waals surface area (Å²) < 4.78 is 2.02. The second-order valence-corrected chi connectivity index (χ2v) is 6.59. The molecule has 1 aliphatic heterocycles. The fourth-order valence-corrected chi connectivity index (χ4v) is 3.79. The highest BCUT2D eigenvalue weighted by molar-refractivity contribution is 5.98. The number of halogens is 1. The third-order valence-corrected chi connectivity index (χ3v) is 4.97. The lowest BCUT2D eigenvalue weighted by Crippen LogP contribution is -2.01. The van der Waals surface area contributed by atoms with Crippen LogP contribution in [0.1, 0.15) is 22.6 Å². The predicted molar refractivity (Wildman–Crippen MR) is 109 cm³/mol. The number of carboxylic acid groups (broad SMARTS) is 1. The largest absolute Gasteiger partial charge is 0.477 e. The van der Waals surface area contributed by atoms with Crippen LogP contribution in [0.4, 0.5) is 0 Å². The summed E-state index contributed by atoms with van der Waals surface area (Å²) in [5.41, 5.74) is 5.50. The number of aromatic carboxylic acids is 1. The summed E-state index contributed by atoms with van der Waals surface area (Å²) in [5, 5.41) is 15.1. The van der Waals surface area contributed by atoms with E-state index in [1.54, 1.807) is 6.07 Å². The second-order valence-electron chi connectivity index (χ2n) is 6.59. The average Bonchev–Trinajstić information content (AvgIpc) is 3.29. The van der Waals surface area contributed by atoms with Gasteiger partial charge < -0.3 is 5.11 Å². The standard InChI is InChI=1S/C21H16N4O2.ClH/c26-21(27)17-8-3-7-16(23-17)20-19(18-9-4-12-25(18)24-20)14-10-11-22-15-6-2-1-5-13(14)15;/h1-3,5-8,10-11H,4,9,12H2,(H,26,27);1H. The van der Waals surface area contributed by atoms with Crippen molar-refractivity contribution < 1.29 is 9.90 Å². The van der Waals surface area contributed by atoms with Crippen LogP contribution in [0.2, 0.25) is 0 Å². The molecule has 7 heteroatoms. The summed E-state index contributed by atoms with van der Waals surface area (Å²) in [7, 11) is 0. The van der Waals surface area contributed by atoms with Crippen molar-refractivity contribution in [1.29, 1.82) is 0 Å². The van der Waals surface area contributed by atoms with Crippen LogP contribution >= 0.6 is 12.4 Å². The third-order valence-electron chi connectivity index (χ3n) is 4.97. The van der Waals surface area contributed by atoms with E-state index in [0.717, 1.165) is 47.1 Å². The molecular formula is C21H17ClN4O2. The van der Waals surface area contributed by atoms with Crippen LogP contribution in [0.15, 0.2) is 54.7 Å². The third kappa shape index (κ3) is 2.82. The molecule has 3 aromatic heterocycles. The Kier molecular flexibility index (Phi) is 4.57. The van der Waals surface area contributed by atoms with Gasteiger partial charge in [0, 0.05) is 29.4 Å². The highest BCUT2D eigenvalue weighted by Crippen LogP contribution is 2.39. The smallest absolute Gasteiger partial charge is 0.354 e. The fourth-order valence-electron chi connectivity index (χ4n) is 3.79. The molecule has 1 N–H and O–H groups in total. The monoisotopic (exact) mass is 392 g/mol. The summed E-state index contributed by atoms with van der Waals surface area (Å²) >= 11 is 0. The Bertz CT molecular complexity index is 1200. The van der Waals surface area contributed by atoms with E-state index in [1.165, 1.54) is 11.8 Å². The van der Waals surface area contributed by atoms with Gasteiger partial charge >= 0.3 is 5.97 Å². The molecule has 1 aliphatic rings. The zero-order valence-corrected chi connectivity index (χ0v) is 15.7. The van der Waals surface area contributed by atoms with Crippen molar-refractivity contribution >= 4 is 29.3 Å². The van der Waals surface area contributed by atoms with Crippen LogP contribution in [0.25, 0.3) is 33.4 Å². The minimum absolute atomic E-state index is 0. The SMILES string of the molecule is Cl.O=C(O)c1cccc(-c2nn3c(c2-c2ccnc4ccccc24)CCC3)n1. The highest BCUT2D eigenvalue weighted by Gasteiger charge is 2.26. The lowest BCUT2D eigenvalue weighted by molar-refractivity contribution is 0.0690. The molecule has 0 fully saturated rings. The summed E-state index contributed by atoms with van der Waals surface area (Å²) in [6.45, 7) is 0.865. The molecule has 0 spiro atoms. The first kappa shape index (κ1) is 18.1. The van der Waals surface area contributed by atoms with Crippen LogP contribution < -0.4 is 0 Å². The number of aromatic nitrogens is 4. The van der Waals surface area contributed by atoms with Crippen molar-refractivity contribution in [1.82, 2.24) is 19.7 Å². The molecule has 5 rings (SSSR count). The van der Waals surface area contributed by atoms with Crippen molar-refractivity contribution in [2.45, 2.75) is 19.4 Å². The number of aryl methyl sites for hydroxylation is 1. The molecule has 0 saturated heterocycles. The number of para-hydroxylation sites is 1. The molecular weight excluding hydrogens is 376 g/mol. The molecule has 28 heavy (non-hydrogen) atoms. The molecule has 0 saturated carbocycles. The minimum Gasteiger partial charge on any atom is -0.477 e. The number of nitrogens with zero attached hydrogens (tertiary/aromatic N) is 4. The summed E-state index contributed by atoms with van der Waals surface area (Å²) in [5.74, 6) is -1.04. The van der Waals surface area contributed by atoms with Crippen molar-refractivity contribution in [3.05, 3.63) is 66.1 Å². The van der Waals surface area contributed by atoms with Gasteiger partial charge in [-0.05, 0) is 42.7 Å². The fraction of sp³-hybridized carbons (Fsp3) is 0.143. The second kappa shape index (κ2) is 7.05. The van der Waals surface area contributed by atoms with Gasteiger partial charge in [-0.15, -0.1) is 12.4 Å². The van der Waals surface area contributed by atoms with E-state index in [0.29, 0.717) is 5.69 Å². The lowest BCUT2D eigenvalue weighted by Gasteiger charge is -2.09. The molecule has 1 aromatic carbocycles. The average molecular weight is 393 g/mol. The Morgan fingerprint density at radius 2 is 1.93 bits per heavy atom. The maximum absolute atomic E-state index is 11.4. The van der Waals surface area contributed by atoms with Gasteiger partial charge in [0.15, 0.2) is 0 Å². The number of carboxylic acids is 1. The highest BCUT2D eigenvalue weighted by atomic mass is 35.5. The Hall–Kier alpha value is -3.25. The molecule has 0 aliphatic carbocycles. The Morgan fingerprint density at radius 1 is 1.07 bits per heavy atom. The number of hydrogen-bond acceptors (Lipinski definition) is 4. The Balaban J connectivity index is 0.00000192. The first-order valence-corrected chi connectivity index (χ1v) is 8.87. The number of hydrogen-bond donors (Lipinski definition) is 1. The zero-order valence-electron chi connectivity index (χ0n) is 14.9. The molecule has 0 radical (unpaired) electrons. The van der Waals surface area contributed by atoms with Crippen LogP contribution in [-0.2, 0) is 13.0 Å². The number of pyridine rings is 2. The predicted octanol–water partition coefficient (Wildman–Crippen LogP) is 4.23. The van der Waals surface area contributed by atoms with Gasteiger partial charge in [0.2, 0.25) is 0 Å². The van der Waals surface area contributed by atoms with E-state index in [4.69, 9.17) is 5.10 Å². The summed E-state index contributed by atoms with van der Waals surface area (Å²) in [6, 6.07) is 15.1. The van der Waals surface area contributed by atoms with Gasteiger partial charge in [-0.2, -0.15) is 5.10 Å². The summed E-state index contributed by atoms with van der Waals surface area (Å²) in [4.78, 5) is 20.2.